The van der Waals surface area contributed by atoms with E-state index < -0.39 is 0 Å². The number of hydrogen-bond acceptors (Lipinski definition) is 4. The molecule has 1 atom stereocenters. The Bertz CT molecular complexity index is 383. The van der Waals surface area contributed by atoms with Crippen molar-refractivity contribution in [3.8, 4) is 0 Å². The Labute approximate surface area is 114 Å². The molecule has 1 aliphatic rings. The molecule has 0 aliphatic carbocycles. The molecule has 5 nitrogen and oxygen atoms in total. The van der Waals surface area contributed by atoms with Gasteiger partial charge in [0.15, 0.2) is 0 Å². The summed E-state index contributed by atoms with van der Waals surface area (Å²) in [4.78, 5) is 16.3. The molecule has 1 fully saturated rings. The lowest BCUT2D eigenvalue weighted by atomic mass is 10.1. The standard InChI is InChI=1S/C14H23N3O2/c1-2-4-13(15)14(18)17-8-6-16(7-9-17)11-12-5-3-10-19-12/h3,5,10,13H,2,4,6-9,11,15H2,1H3. The van der Waals surface area contributed by atoms with Crippen LogP contribution in [-0.4, -0.2) is 47.9 Å². The minimum absolute atomic E-state index is 0.0968. The van der Waals surface area contributed by atoms with Crippen LogP contribution < -0.4 is 5.73 Å². The third-order valence-electron chi connectivity index (χ3n) is 3.56. The quantitative estimate of drug-likeness (QED) is 0.864. The van der Waals surface area contributed by atoms with Crippen molar-refractivity contribution in [1.82, 2.24) is 9.80 Å². The van der Waals surface area contributed by atoms with Crippen molar-refractivity contribution in [1.29, 1.82) is 0 Å². The molecule has 0 saturated carbocycles. The van der Waals surface area contributed by atoms with Crippen LogP contribution in [0.3, 0.4) is 0 Å². The molecule has 1 aromatic rings. The van der Waals surface area contributed by atoms with Gasteiger partial charge in [0.1, 0.15) is 5.76 Å². The van der Waals surface area contributed by atoms with E-state index in [0.29, 0.717) is 0 Å². The van der Waals surface area contributed by atoms with Crippen LogP contribution in [-0.2, 0) is 11.3 Å². The lowest BCUT2D eigenvalue weighted by molar-refractivity contribution is -0.134. The molecule has 2 rings (SSSR count). The Morgan fingerprint density at radius 3 is 2.74 bits per heavy atom. The smallest absolute Gasteiger partial charge is 0.239 e. The van der Waals surface area contributed by atoms with Gasteiger partial charge in [-0.05, 0) is 18.6 Å². The maximum Gasteiger partial charge on any atom is 0.239 e. The van der Waals surface area contributed by atoms with Crippen LogP contribution in [0.1, 0.15) is 25.5 Å². The first-order valence-electron chi connectivity index (χ1n) is 6.99. The van der Waals surface area contributed by atoms with Gasteiger partial charge in [0.05, 0.1) is 18.8 Å². The predicted octanol–water partition coefficient (Wildman–Crippen LogP) is 1.05. The molecule has 2 heterocycles. The Morgan fingerprint density at radius 2 is 2.16 bits per heavy atom. The van der Waals surface area contributed by atoms with Crippen molar-refractivity contribution in [2.45, 2.75) is 32.4 Å². The molecular formula is C14H23N3O2. The number of rotatable bonds is 5. The second kappa shape index (κ2) is 6.73. The monoisotopic (exact) mass is 265 g/mol. The van der Waals surface area contributed by atoms with E-state index in [1.54, 1.807) is 6.26 Å². The normalized spacial score (nSPS) is 18.5. The summed E-state index contributed by atoms with van der Waals surface area (Å²) in [6.45, 7) is 6.15. The second-order valence-corrected chi connectivity index (χ2v) is 5.08. The number of amides is 1. The van der Waals surface area contributed by atoms with Gasteiger partial charge in [-0.2, -0.15) is 0 Å². The van der Waals surface area contributed by atoms with Gasteiger partial charge in [-0.1, -0.05) is 13.3 Å². The van der Waals surface area contributed by atoms with Gasteiger partial charge >= 0.3 is 0 Å². The maximum absolute atomic E-state index is 12.1. The second-order valence-electron chi connectivity index (χ2n) is 5.08. The molecule has 0 radical (unpaired) electrons. The van der Waals surface area contributed by atoms with Crippen molar-refractivity contribution in [3.63, 3.8) is 0 Å². The highest BCUT2D eigenvalue weighted by atomic mass is 16.3. The summed E-state index contributed by atoms with van der Waals surface area (Å²) in [5.41, 5.74) is 5.88. The van der Waals surface area contributed by atoms with E-state index in [4.69, 9.17) is 10.2 Å². The molecule has 1 amide bonds. The van der Waals surface area contributed by atoms with Crippen LogP contribution in [0, 0.1) is 0 Å². The van der Waals surface area contributed by atoms with E-state index >= 15 is 0 Å². The average molecular weight is 265 g/mol. The summed E-state index contributed by atoms with van der Waals surface area (Å²) in [6, 6.07) is 3.55. The van der Waals surface area contributed by atoms with E-state index in [1.807, 2.05) is 17.0 Å². The van der Waals surface area contributed by atoms with E-state index in [1.165, 1.54) is 0 Å². The van der Waals surface area contributed by atoms with Crippen molar-refractivity contribution in [2.75, 3.05) is 26.2 Å². The first-order valence-corrected chi connectivity index (χ1v) is 6.99. The maximum atomic E-state index is 12.1. The molecule has 0 spiro atoms. The SMILES string of the molecule is CCCC(N)C(=O)N1CCN(Cc2ccco2)CC1. The highest BCUT2D eigenvalue weighted by Gasteiger charge is 2.24. The number of nitrogens with two attached hydrogens (primary N) is 1. The fourth-order valence-electron chi connectivity index (χ4n) is 2.42. The number of nitrogens with zero attached hydrogens (tertiary/aromatic N) is 2. The summed E-state index contributed by atoms with van der Waals surface area (Å²) in [7, 11) is 0. The third-order valence-corrected chi connectivity index (χ3v) is 3.56. The molecule has 106 valence electrons. The number of carbonyl (C=O) groups is 1. The lowest BCUT2D eigenvalue weighted by Crippen LogP contribution is -2.52. The van der Waals surface area contributed by atoms with Gasteiger partial charge in [0.25, 0.3) is 0 Å². The Kier molecular flexibility index (Phi) is 4.99. The van der Waals surface area contributed by atoms with Crippen LogP contribution in [0.4, 0.5) is 0 Å². The van der Waals surface area contributed by atoms with Crippen molar-refractivity contribution in [2.24, 2.45) is 5.73 Å². The summed E-state index contributed by atoms with van der Waals surface area (Å²) in [5.74, 6) is 1.07. The first kappa shape index (κ1) is 14.1. The van der Waals surface area contributed by atoms with Gasteiger partial charge in [-0.15, -0.1) is 0 Å². The lowest BCUT2D eigenvalue weighted by Gasteiger charge is -2.35. The molecular weight excluding hydrogens is 242 g/mol. The summed E-state index contributed by atoms with van der Waals surface area (Å²) >= 11 is 0. The number of hydrogen-bond donors (Lipinski definition) is 1. The molecule has 1 aliphatic heterocycles. The van der Waals surface area contributed by atoms with Crippen LogP contribution in [0.5, 0.6) is 0 Å². The van der Waals surface area contributed by atoms with Gasteiger partial charge in [-0.25, -0.2) is 0 Å². The van der Waals surface area contributed by atoms with E-state index in [-0.39, 0.29) is 11.9 Å². The van der Waals surface area contributed by atoms with E-state index in [0.717, 1.165) is 51.3 Å². The van der Waals surface area contributed by atoms with Crippen LogP contribution >= 0.6 is 0 Å². The largest absolute Gasteiger partial charge is 0.468 e. The highest BCUT2D eigenvalue weighted by molar-refractivity contribution is 5.81. The molecule has 5 heteroatoms. The summed E-state index contributed by atoms with van der Waals surface area (Å²) < 4.78 is 5.34. The number of furan rings is 1. The fourth-order valence-corrected chi connectivity index (χ4v) is 2.42. The summed E-state index contributed by atoms with van der Waals surface area (Å²) in [6.07, 6.45) is 3.41. The minimum Gasteiger partial charge on any atom is -0.468 e. The topological polar surface area (TPSA) is 62.7 Å². The minimum atomic E-state index is -0.332. The zero-order chi connectivity index (χ0) is 13.7. The molecule has 0 bridgehead atoms. The van der Waals surface area contributed by atoms with Crippen LogP contribution in [0.15, 0.2) is 22.8 Å². The Morgan fingerprint density at radius 1 is 1.42 bits per heavy atom. The van der Waals surface area contributed by atoms with Crippen molar-refractivity contribution < 1.29 is 9.21 Å². The van der Waals surface area contributed by atoms with Crippen molar-refractivity contribution in [3.05, 3.63) is 24.2 Å². The molecule has 1 unspecified atom stereocenters. The zero-order valence-corrected chi connectivity index (χ0v) is 11.5. The zero-order valence-electron chi connectivity index (χ0n) is 11.5. The van der Waals surface area contributed by atoms with Gasteiger partial charge in [0, 0.05) is 26.2 Å². The molecule has 0 aromatic carbocycles. The Balaban J connectivity index is 1.77. The fraction of sp³-hybridized carbons (Fsp3) is 0.643. The van der Waals surface area contributed by atoms with Gasteiger partial charge in [0.2, 0.25) is 5.91 Å². The van der Waals surface area contributed by atoms with E-state index in [2.05, 4.69) is 11.8 Å². The molecule has 1 aromatic heterocycles. The van der Waals surface area contributed by atoms with E-state index in [9.17, 15) is 4.79 Å². The molecule has 1 saturated heterocycles. The van der Waals surface area contributed by atoms with Crippen LogP contribution in [0.25, 0.3) is 0 Å². The predicted molar refractivity (Wildman–Crippen MR) is 73.4 cm³/mol. The summed E-state index contributed by atoms with van der Waals surface area (Å²) in [5, 5.41) is 0. The van der Waals surface area contributed by atoms with Gasteiger partial charge in [-0.3, -0.25) is 9.69 Å². The number of carbonyl (C=O) groups excluding carboxylic acids is 1. The molecule has 2 N–H and O–H groups in total. The molecule has 19 heavy (non-hydrogen) atoms. The number of piperazine rings is 1. The first-order chi connectivity index (χ1) is 9.20. The van der Waals surface area contributed by atoms with Crippen LogP contribution in [0.2, 0.25) is 0 Å². The average Bonchev–Trinajstić information content (AvgIpc) is 2.92. The van der Waals surface area contributed by atoms with Gasteiger partial charge < -0.3 is 15.1 Å². The third kappa shape index (κ3) is 3.81. The van der Waals surface area contributed by atoms with Crippen molar-refractivity contribution >= 4 is 5.91 Å². The highest BCUT2D eigenvalue weighted by Crippen LogP contribution is 2.10. The Hall–Kier alpha value is -1.33.